The Morgan fingerprint density at radius 3 is 2.43 bits per heavy atom. The Morgan fingerprint density at radius 1 is 1.14 bits per heavy atom. The SMILES string of the molecule is COc1cc(OC)cc(C(=O)N[C@@H](C(=O)N2CCc3sccc3C2)C(C)C)c1. The van der Waals surface area contributed by atoms with Gasteiger partial charge in [0.2, 0.25) is 5.91 Å². The summed E-state index contributed by atoms with van der Waals surface area (Å²) >= 11 is 1.74. The van der Waals surface area contributed by atoms with Crippen LogP contribution in [0.25, 0.3) is 0 Å². The predicted molar refractivity (Wildman–Crippen MR) is 109 cm³/mol. The Bertz CT molecular complexity index is 840. The van der Waals surface area contributed by atoms with Gasteiger partial charge in [-0.2, -0.15) is 0 Å². The monoisotopic (exact) mass is 402 g/mol. The van der Waals surface area contributed by atoms with Crippen LogP contribution in [0.5, 0.6) is 11.5 Å². The first-order valence-corrected chi connectivity index (χ1v) is 10.2. The average Bonchev–Trinajstić information content (AvgIpc) is 3.18. The first kappa shape index (κ1) is 20.2. The zero-order valence-electron chi connectivity index (χ0n) is 16.7. The van der Waals surface area contributed by atoms with Crippen LogP contribution in [0, 0.1) is 5.92 Å². The molecule has 0 fully saturated rings. The highest BCUT2D eigenvalue weighted by Gasteiger charge is 2.31. The molecule has 0 spiro atoms. The van der Waals surface area contributed by atoms with Crippen molar-refractivity contribution in [2.75, 3.05) is 20.8 Å². The first-order valence-electron chi connectivity index (χ1n) is 9.31. The number of amides is 2. The standard InChI is InChI=1S/C21H26N2O4S/c1-13(2)19(21(25)23-7-5-18-14(12-23)6-8-28-18)22-20(24)15-9-16(26-3)11-17(10-15)27-4/h6,8-11,13,19H,5,7,12H2,1-4H3,(H,22,24)/t19-/m1/s1. The molecule has 0 bridgehead atoms. The Hall–Kier alpha value is -2.54. The van der Waals surface area contributed by atoms with Crippen molar-refractivity contribution in [1.82, 2.24) is 10.2 Å². The average molecular weight is 403 g/mol. The van der Waals surface area contributed by atoms with Gasteiger partial charge in [0.25, 0.3) is 5.91 Å². The van der Waals surface area contributed by atoms with Crippen LogP contribution in [0.2, 0.25) is 0 Å². The van der Waals surface area contributed by atoms with Crippen LogP contribution in [0.3, 0.4) is 0 Å². The molecule has 0 unspecified atom stereocenters. The van der Waals surface area contributed by atoms with E-state index >= 15 is 0 Å². The molecule has 1 aliphatic heterocycles. The Morgan fingerprint density at radius 2 is 1.82 bits per heavy atom. The van der Waals surface area contributed by atoms with Crippen molar-refractivity contribution in [3.05, 3.63) is 45.6 Å². The second-order valence-corrected chi connectivity index (χ2v) is 8.18. The van der Waals surface area contributed by atoms with E-state index in [9.17, 15) is 9.59 Å². The van der Waals surface area contributed by atoms with Crippen molar-refractivity contribution in [1.29, 1.82) is 0 Å². The Balaban J connectivity index is 1.76. The van der Waals surface area contributed by atoms with Gasteiger partial charge in [-0.3, -0.25) is 9.59 Å². The molecule has 6 nitrogen and oxygen atoms in total. The maximum Gasteiger partial charge on any atom is 0.252 e. The maximum atomic E-state index is 13.1. The molecule has 0 radical (unpaired) electrons. The fraction of sp³-hybridized carbons (Fsp3) is 0.429. The molecule has 1 aromatic carbocycles. The zero-order chi connectivity index (χ0) is 20.3. The van der Waals surface area contributed by atoms with E-state index in [2.05, 4.69) is 16.8 Å². The molecule has 1 atom stereocenters. The summed E-state index contributed by atoms with van der Waals surface area (Å²) in [5.41, 5.74) is 1.60. The maximum absolute atomic E-state index is 13.1. The quantitative estimate of drug-likeness (QED) is 0.806. The van der Waals surface area contributed by atoms with Gasteiger partial charge in [0.05, 0.1) is 14.2 Å². The van der Waals surface area contributed by atoms with Crippen LogP contribution in [0.15, 0.2) is 29.6 Å². The van der Waals surface area contributed by atoms with Gasteiger partial charge in [0, 0.05) is 29.6 Å². The van der Waals surface area contributed by atoms with Gasteiger partial charge in [-0.05, 0) is 41.5 Å². The minimum absolute atomic E-state index is 0.0344. The molecule has 1 N–H and O–H groups in total. The summed E-state index contributed by atoms with van der Waals surface area (Å²) < 4.78 is 10.5. The summed E-state index contributed by atoms with van der Waals surface area (Å²) in [5, 5.41) is 4.98. The van der Waals surface area contributed by atoms with Crippen LogP contribution >= 0.6 is 11.3 Å². The van der Waals surface area contributed by atoms with Crippen molar-refractivity contribution in [3.8, 4) is 11.5 Å². The lowest BCUT2D eigenvalue weighted by atomic mass is 10.00. The van der Waals surface area contributed by atoms with Crippen molar-refractivity contribution in [3.63, 3.8) is 0 Å². The third-order valence-electron chi connectivity index (χ3n) is 4.95. The van der Waals surface area contributed by atoms with Crippen LogP contribution in [0.4, 0.5) is 0 Å². The molecule has 2 heterocycles. The lowest BCUT2D eigenvalue weighted by molar-refractivity contribution is -0.135. The molecule has 0 saturated heterocycles. The number of ether oxygens (including phenoxy) is 2. The fourth-order valence-corrected chi connectivity index (χ4v) is 4.20. The molecular formula is C21H26N2O4S. The van der Waals surface area contributed by atoms with Crippen LogP contribution in [-0.4, -0.2) is 43.5 Å². The highest BCUT2D eigenvalue weighted by atomic mass is 32.1. The van der Waals surface area contributed by atoms with Crippen molar-refractivity contribution < 1.29 is 19.1 Å². The lowest BCUT2D eigenvalue weighted by Crippen LogP contribution is -2.52. The molecule has 2 amide bonds. The third kappa shape index (κ3) is 4.30. The summed E-state index contributed by atoms with van der Waals surface area (Å²) in [6.07, 6.45) is 0.866. The van der Waals surface area contributed by atoms with Gasteiger partial charge >= 0.3 is 0 Å². The van der Waals surface area contributed by atoms with Crippen LogP contribution < -0.4 is 14.8 Å². The number of nitrogens with one attached hydrogen (secondary N) is 1. The molecule has 1 aromatic heterocycles. The van der Waals surface area contributed by atoms with E-state index < -0.39 is 6.04 Å². The number of benzene rings is 1. The number of methoxy groups -OCH3 is 2. The summed E-state index contributed by atoms with van der Waals surface area (Å²) in [6.45, 7) is 5.16. The predicted octanol–water partition coefficient (Wildman–Crippen LogP) is 3.10. The molecule has 0 aliphatic carbocycles. The largest absolute Gasteiger partial charge is 0.497 e. The third-order valence-corrected chi connectivity index (χ3v) is 5.98. The summed E-state index contributed by atoms with van der Waals surface area (Å²) in [4.78, 5) is 29.2. The van der Waals surface area contributed by atoms with E-state index in [0.29, 0.717) is 30.2 Å². The normalized spacial score (nSPS) is 14.4. The van der Waals surface area contributed by atoms with Gasteiger partial charge in [0.1, 0.15) is 17.5 Å². The van der Waals surface area contributed by atoms with Crippen molar-refractivity contribution >= 4 is 23.2 Å². The molecular weight excluding hydrogens is 376 g/mol. The van der Waals surface area contributed by atoms with Gasteiger partial charge in [-0.1, -0.05) is 13.8 Å². The number of carbonyl (C=O) groups is 2. The van der Waals surface area contributed by atoms with E-state index in [1.165, 1.54) is 24.7 Å². The summed E-state index contributed by atoms with van der Waals surface area (Å²) in [5.74, 6) is 0.649. The molecule has 0 saturated carbocycles. The molecule has 2 aromatic rings. The Labute approximate surface area is 169 Å². The van der Waals surface area contributed by atoms with Crippen molar-refractivity contribution in [2.45, 2.75) is 32.9 Å². The smallest absolute Gasteiger partial charge is 0.252 e. The number of rotatable bonds is 6. The first-order chi connectivity index (χ1) is 13.4. The molecule has 150 valence electrons. The topological polar surface area (TPSA) is 67.9 Å². The van der Waals surface area contributed by atoms with E-state index in [-0.39, 0.29) is 17.7 Å². The van der Waals surface area contributed by atoms with E-state index in [1.54, 1.807) is 29.5 Å². The van der Waals surface area contributed by atoms with E-state index in [1.807, 2.05) is 18.7 Å². The van der Waals surface area contributed by atoms with Crippen LogP contribution in [-0.2, 0) is 17.8 Å². The van der Waals surface area contributed by atoms with Gasteiger partial charge in [-0.25, -0.2) is 0 Å². The fourth-order valence-electron chi connectivity index (χ4n) is 3.31. The van der Waals surface area contributed by atoms with Crippen molar-refractivity contribution in [2.24, 2.45) is 5.92 Å². The number of hydrogen-bond acceptors (Lipinski definition) is 5. The number of nitrogens with zero attached hydrogens (tertiary/aromatic N) is 1. The van der Waals surface area contributed by atoms with E-state index in [0.717, 1.165) is 6.42 Å². The number of fused-ring (bicyclic) bond motifs is 1. The zero-order valence-corrected chi connectivity index (χ0v) is 17.5. The Kier molecular flexibility index (Phi) is 6.24. The minimum atomic E-state index is -0.593. The summed E-state index contributed by atoms with van der Waals surface area (Å²) in [6, 6.07) is 6.46. The van der Waals surface area contributed by atoms with Gasteiger partial charge in [0.15, 0.2) is 0 Å². The molecule has 3 rings (SSSR count). The summed E-state index contributed by atoms with van der Waals surface area (Å²) in [7, 11) is 3.07. The number of hydrogen-bond donors (Lipinski definition) is 1. The highest BCUT2D eigenvalue weighted by Crippen LogP contribution is 2.26. The second kappa shape index (κ2) is 8.65. The highest BCUT2D eigenvalue weighted by molar-refractivity contribution is 7.10. The van der Waals surface area contributed by atoms with Crippen LogP contribution in [0.1, 0.15) is 34.6 Å². The lowest BCUT2D eigenvalue weighted by Gasteiger charge is -2.32. The van der Waals surface area contributed by atoms with Gasteiger partial charge in [-0.15, -0.1) is 11.3 Å². The number of carbonyl (C=O) groups excluding carboxylic acids is 2. The molecule has 7 heteroatoms. The molecule has 1 aliphatic rings. The minimum Gasteiger partial charge on any atom is -0.497 e. The van der Waals surface area contributed by atoms with E-state index in [4.69, 9.17) is 9.47 Å². The second-order valence-electron chi connectivity index (χ2n) is 7.18. The van der Waals surface area contributed by atoms with Gasteiger partial charge < -0.3 is 19.7 Å². The molecule has 28 heavy (non-hydrogen) atoms. The number of thiophene rings is 1.